The van der Waals surface area contributed by atoms with Gasteiger partial charge in [0.25, 0.3) is 0 Å². The van der Waals surface area contributed by atoms with Crippen molar-refractivity contribution in [2.75, 3.05) is 0 Å². The highest BCUT2D eigenvalue weighted by Gasteiger charge is 2.22. The Labute approximate surface area is 168 Å². The van der Waals surface area contributed by atoms with Crippen LogP contribution < -0.4 is 11.1 Å². The molecule has 0 aliphatic rings. The highest BCUT2D eigenvalue weighted by Crippen LogP contribution is 2.19. The molecule has 0 spiro atoms. The number of aryl methyl sites for hydroxylation is 1. The third-order valence-electron chi connectivity index (χ3n) is 4.81. The van der Waals surface area contributed by atoms with Crippen LogP contribution >= 0.6 is 0 Å². The molecule has 0 aliphatic carbocycles. The molecule has 0 radical (unpaired) electrons. The number of hydrogen-bond donors (Lipinski definition) is 3. The second-order valence-electron chi connectivity index (χ2n) is 7.82. The summed E-state index contributed by atoms with van der Waals surface area (Å²) in [6.45, 7) is 4.10. The summed E-state index contributed by atoms with van der Waals surface area (Å²) in [6.07, 6.45) is 4.26. The highest BCUT2D eigenvalue weighted by molar-refractivity contribution is 5.77. The first-order valence-corrected chi connectivity index (χ1v) is 10.1. The van der Waals surface area contributed by atoms with Crippen molar-refractivity contribution >= 4 is 5.91 Å². The first-order valence-electron chi connectivity index (χ1n) is 10.1. The second kappa shape index (κ2) is 11.6. The zero-order valence-corrected chi connectivity index (χ0v) is 16.9. The summed E-state index contributed by atoms with van der Waals surface area (Å²) >= 11 is 0. The molecular weight excluding hydrogens is 350 g/mol. The predicted octanol–water partition coefficient (Wildman–Crippen LogP) is 3.39. The third kappa shape index (κ3) is 7.79. The van der Waals surface area contributed by atoms with E-state index >= 15 is 0 Å². The number of amides is 1. The Morgan fingerprint density at radius 3 is 2.50 bits per heavy atom. The van der Waals surface area contributed by atoms with Gasteiger partial charge in [0.05, 0.1) is 24.3 Å². The molecule has 0 saturated carbocycles. The monoisotopic (exact) mass is 383 g/mol. The van der Waals surface area contributed by atoms with E-state index < -0.39 is 12.1 Å². The number of benzene rings is 1. The van der Waals surface area contributed by atoms with Crippen molar-refractivity contribution in [3.8, 4) is 0 Å². The van der Waals surface area contributed by atoms with Crippen LogP contribution in [0.1, 0.15) is 56.8 Å². The highest BCUT2D eigenvalue weighted by atomic mass is 16.3. The van der Waals surface area contributed by atoms with Gasteiger partial charge in [-0.3, -0.25) is 9.78 Å². The Morgan fingerprint density at radius 2 is 1.86 bits per heavy atom. The number of aliphatic hydroxyl groups is 1. The van der Waals surface area contributed by atoms with Crippen LogP contribution in [-0.4, -0.2) is 28.1 Å². The van der Waals surface area contributed by atoms with Crippen LogP contribution in [0.3, 0.4) is 0 Å². The van der Waals surface area contributed by atoms with Crippen LogP contribution in [0.25, 0.3) is 0 Å². The van der Waals surface area contributed by atoms with Crippen LogP contribution in [0.2, 0.25) is 0 Å². The van der Waals surface area contributed by atoms with Crippen LogP contribution in [0.4, 0.5) is 0 Å². The van der Waals surface area contributed by atoms with Crippen molar-refractivity contribution < 1.29 is 9.90 Å². The lowest BCUT2D eigenvalue weighted by Gasteiger charge is -2.22. The summed E-state index contributed by atoms with van der Waals surface area (Å²) < 4.78 is 0. The maximum absolute atomic E-state index is 12.5. The molecule has 1 aromatic carbocycles. The van der Waals surface area contributed by atoms with E-state index in [2.05, 4.69) is 36.3 Å². The molecule has 1 heterocycles. The van der Waals surface area contributed by atoms with Gasteiger partial charge in [-0.2, -0.15) is 0 Å². The predicted molar refractivity (Wildman–Crippen MR) is 113 cm³/mol. The van der Waals surface area contributed by atoms with Gasteiger partial charge in [-0.25, -0.2) is 0 Å². The standard InChI is InChI=1S/C23H33N3O2/c1-17(2)15-19(24)22(27)16-23(28)26-21(20-12-6-7-14-25-20)13-8-11-18-9-4-3-5-10-18/h3-7,9-10,12,14,17,19,21-22,27H,8,11,13,15-16,24H2,1-2H3,(H,26,28)/t19-,21?,22-/m0/s1. The van der Waals surface area contributed by atoms with Gasteiger partial charge in [0.1, 0.15) is 0 Å². The fraction of sp³-hybridized carbons (Fsp3) is 0.478. The normalized spacial score (nSPS) is 14.5. The number of nitrogens with zero attached hydrogens (tertiary/aromatic N) is 1. The zero-order valence-electron chi connectivity index (χ0n) is 16.9. The average Bonchev–Trinajstić information content (AvgIpc) is 2.68. The quantitative estimate of drug-likeness (QED) is 0.555. The SMILES string of the molecule is CC(C)C[C@H](N)[C@@H](O)CC(=O)NC(CCCc1ccccc1)c1ccccn1. The number of pyridine rings is 1. The smallest absolute Gasteiger partial charge is 0.223 e. The summed E-state index contributed by atoms with van der Waals surface area (Å²) in [4.78, 5) is 16.9. The maximum atomic E-state index is 12.5. The van der Waals surface area contributed by atoms with E-state index in [1.807, 2.05) is 36.4 Å². The van der Waals surface area contributed by atoms with Gasteiger partial charge in [0.15, 0.2) is 0 Å². The molecule has 2 rings (SSSR count). The molecule has 5 heteroatoms. The molecule has 0 saturated heterocycles. The number of hydrogen-bond acceptors (Lipinski definition) is 4. The van der Waals surface area contributed by atoms with E-state index in [-0.39, 0.29) is 18.4 Å². The molecule has 152 valence electrons. The van der Waals surface area contributed by atoms with Crippen molar-refractivity contribution in [1.82, 2.24) is 10.3 Å². The lowest BCUT2D eigenvalue weighted by Crippen LogP contribution is -2.40. The van der Waals surface area contributed by atoms with E-state index in [0.29, 0.717) is 12.3 Å². The number of nitrogens with two attached hydrogens (primary N) is 1. The molecular formula is C23H33N3O2. The van der Waals surface area contributed by atoms with Gasteiger partial charge in [-0.1, -0.05) is 50.2 Å². The topological polar surface area (TPSA) is 88.2 Å². The molecule has 0 aliphatic heterocycles. The summed E-state index contributed by atoms with van der Waals surface area (Å²) in [7, 11) is 0. The largest absolute Gasteiger partial charge is 0.391 e. The Hall–Kier alpha value is -2.24. The van der Waals surface area contributed by atoms with Gasteiger partial charge < -0.3 is 16.2 Å². The first kappa shape index (κ1) is 22.1. The lowest BCUT2D eigenvalue weighted by molar-refractivity contribution is -0.124. The summed E-state index contributed by atoms with van der Waals surface area (Å²) in [5, 5.41) is 13.3. The number of carbonyl (C=O) groups excluding carboxylic acids is 1. The van der Waals surface area contributed by atoms with Crippen LogP contribution in [0.15, 0.2) is 54.7 Å². The molecule has 1 aromatic heterocycles. The minimum atomic E-state index is -0.837. The van der Waals surface area contributed by atoms with Crippen molar-refractivity contribution in [3.63, 3.8) is 0 Å². The molecule has 0 bridgehead atoms. The van der Waals surface area contributed by atoms with E-state index in [1.54, 1.807) is 6.20 Å². The minimum Gasteiger partial charge on any atom is -0.391 e. The number of aliphatic hydroxyl groups excluding tert-OH is 1. The van der Waals surface area contributed by atoms with E-state index in [4.69, 9.17) is 5.73 Å². The fourth-order valence-electron chi connectivity index (χ4n) is 3.33. The van der Waals surface area contributed by atoms with Gasteiger partial charge in [0, 0.05) is 12.2 Å². The molecule has 5 nitrogen and oxygen atoms in total. The Bertz CT molecular complexity index is 692. The number of carbonyl (C=O) groups is 1. The first-order chi connectivity index (χ1) is 13.5. The molecule has 2 aromatic rings. The van der Waals surface area contributed by atoms with Crippen LogP contribution in [-0.2, 0) is 11.2 Å². The van der Waals surface area contributed by atoms with Crippen LogP contribution in [0, 0.1) is 5.92 Å². The maximum Gasteiger partial charge on any atom is 0.223 e. The van der Waals surface area contributed by atoms with Gasteiger partial charge in [-0.05, 0) is 49.3 Å². The van der Waals surface area contributed by atoms with Gasteiger partial charge >= 0.3 is 0 Å². The van der Waals surface area contributed by atoms with Gasteiger partial charge in [0.2, 0.25) is 5.91 Å². The third-order valence-corrected chi connectivity index (χ3v) is 4.81. The Morgan fingerprint density at radius 1 is 1.14 bits per heavy atom. The lowest BCUT2D eigenvalue weighted by atomic mass is 9.97. The summed E-state index contributed by atoms with van der Waals surface area (Å²) in [6, 6.07) is 15.5. The van der Waals surface area contributed by atoms with E-state index in [1.165, 1.54) is 5.56 Å². The second-order valence-corrected chi connectivity index (χ2v) is 7.82. The van der Waals surface area contributed by atoms with Crippen molar-refractivity contribution in [2.45, 2.75) is 64.1 Å². The van der Waals surface area contributed by atoms with Crippen molar-refractivity contribution in [3.05, 3.63) is 66.0 Å². The van der Waals surface area contributed by atoms with Crippen molar-refractivity contribution in [2.24, 2.45) is 11.7 Å². The van der Waals surface area contributed by atoms with E-state index in [0.717, 1.165) is 25.0 Å². The molecule has 1 amide bonds. The molecule has 28 heavy (non-hydrogen) atoms. The summed E-state index contributed by atoms with van der Waals surface area (Å²) in [5.41, 5.74) is 8.13. The Balaban J connectivity index is 1.92. The average molecular weight is 384 g/mol. The number of nitrogens with one attached hydrogen (secondary N) is 1. The molecule has 1 unspecified atom stereocenters. The van der Waals surface area contributed by atoms with Crippen molar-refractivity contribution in [1.29, 1.82) is 0 Å². The molecule has 3 atom stereocenters. The van der Waals surface area contributed by atoms with Gasteiger partial charge in [-0.15, -0.1) is 0 Å². The van der Waals surface area contributed by atoms with E-state index in [9.17, 15) is 9.90 Å². The summed E-state index contributed by atoms with van der Waals surface area (Å²) in [5.74, 6) is 0.189. The molecule has 0 fully saturated rings. The minimum absolute atomic E-state index is 0.00983. The molecule has 4 N–H and O–H groups in total. The fourth-order valence-corrected chi connectivity index (χ4v) is 3.33. The number of aromatic nitrogens is 1. The number of rotatable bonds is 11. The van der Waals surface area contributed by atoms with Crippen LogP contribution in [0.5, 0.6) is 0 Å². The Kier molecular flexibility index (Phi) is 9.11. The zero-order chi connectivity index (χ0) is 20.4.